The van der Waals surface area contributed by atoms with Crippen molar-refractivity contribution in [3.63, 3.8) is 0 Å². The third kappa shape index (κ3) is 6.29. The maximum atomic E-state index is 12.6. The molecule has 1 fully saturated rings. The fourth-order valence-electron chi connectivity index (χ4n) is 3.71. The highest BCUT2D eigenvalue weighted by molar-refractivity contribution is 7.90. The summed E-state index contributed by atoms with van der Waals surface area (Å²) in [4.78, 5) is 12.8. The first kappa shape index (κ1) is 21.8. The number of carbonyl (C=O) groups is 1. The molecule has 0 heterocycles. The Labute approximate surface area is 177 Å². The Morgan fingerprint density at radius 3 is 2.34 bits per heavy atom. The molecule has 2 aromatic carbocycles. The first-order valence-electron chi connectivity index (χ1n) is 9.92. The van der Waals surface area contributed by atoms with Gasteiger partial charge in [0.2, 0.25) is 0 Å². The lowest BCUT2D eigenvalue weighted by atomic mass is 10.1. The number of rotatable bonds is 8. The molecule has 156 valence electrons. The van der Waals surface area contributed by atoms with E-state index in [2.05, 4.69) is 22.8 Å². The van der Waals surface area contributed by atoms with Crippen LogP contribution in [-0.2, 0) is 16.3 Å². The quantitative estimate of drug-likeness (QED) is 0.622. The Kier molecular flexibility index (Phi) is 7.33. The van der Waals surface area contributed by atoms with Crippen molar-refractivity contribution in [3.05, 3.63) is 64.7 Å². The normalized spacial score (nSPS) is 19.2. The van der Waals surface area contributed by atoms with Gasteiger partial charge in [-0.2, -0.15) is 0 Å². The van der Waals surface area contributed by atoms with Gasteiger partial charge in [-0.15, -0.1) is 0 Å². The van der Waals surface area contributed by atoms with Crippen LogP contribution in [0.15, 0.2) is 53.4 Å². The fourth-order valence-corrected chi connectivity index (χ4v) is 4.47. The molecule has 1 aliphatic carbocycles. The van der Waals surface area contributed by atoms with Crippen molar-refractivity contribution in [2.75, 3.05) is 12.8 Å². The van der Waals surface area contributed by atoms with Crippen LogP contribution in [0.25, 0.3) is 0 Å². The highest BCUT2D eigenvalue weighted by atomic mass is 35.5. The number of hydrogen-bond acceptors (Lipinski definition) is 4. The van der Waals surface area contributed by atoms with Gasteiger partial charge >= 0.3 is 0 Å². The van der Waals surface area contributed by atoms with Gasteiger partial charge in [0.05, 0.1) is 4.90 Å². The standard InChI is InChI=1S/C22H27ClN2O3S/c1-29(27,28)19-13-9-17(10-14-19)22(26)25-21-6-2-5-20(21)24-15-3-4-16-7-11-18(23)12-8-16/h7-14,20-21,24H,2-6,15H2,1H3,(H,25,26). The number of benzene rings is 2. The van der Waals surface area contributed by atoms with Gasteiger partial charge in [-0.1, -0.05) is 23.7 Å². The van der Waals surface area contributed by atoms with Crippen molar-refractivity contribution in [3.8, 4) is 0 Å². The summed E-state index contributed by atoms with van der Waals surface area (Å²) in [7, 11) is -3.26. The van der Waals surface area contributed by atoms with E-state index in [1.54, 1.807) is 12.1 Å². The second-order valence-electron chi connectivity index (χ2n) is 7.60. The van der Waals surface area contributed by atoms with Crippen LogP contribution in [-0.4, -0.2) is 39.2 Å². The van der Waals surface area contributed by atoms with Gasteiger partial charge < -0.3 is 10.6 Å². The molecule has 1 amide bonds. The molecular formula is C22H27ClN2O3S. The zero-order valence-electron chi connectivity index (χ0n) is 16.5. The molecule has 2 unspecified atom stereocenters. The molecule has 29 heavy (non-hydrogen) atoms. The van der Waals surface area contributed by atoms with Gasteiger partial charge in [0.25, 0.3) is 5.91 Å². The number of aryl methyl sites for hydroxylation is 1. The summed E-state index contributed by atoms with van der Waals surface area (Å²) in [6.45, 7) is 0.892. The van der Waals surface area contributed by atoms with E-state index >= 15 is 0 Å². The molecule has 2 atom stereocenters. The average Bonchev–Trinajstić information content (AvgIpc) is 3.13. The highest BCUT2D eigenvalue weighted by Crippen LogP contribution is 2.20. The maximum absolute atomic E-state index is 12.6. The van der Waals surface area contributed by atoms with Crippen LogP contribution in [0.5, 0.6) is 0 Å². The van der Waals surface area contributed by atoms with Crippen molar-refractivity contribution < 1.29 is 13.2 Å². The Balaban J connectivity index is 1.47. The third-order valence-electron chi connectivity index (χ3n) is 5.34. The van der Waals surface area contributed by atoms with Crippen LogP contribution in [0.4, 0.5) is 0 Å². The highest BCUT2D eigenvalue weighted by Gasteiger charge is 2.28. The predicted molar refractivity (Wildman–Crippen MR) is 116 cm³/mol. The number of sulfone groups is 1. The lowest BCUT2D eigenvalue weighted by molar-refractivity contribution is 0.0931. The summed E-state index contributed by atoms with van der Waals surface area (Å²) in [5.41, 5.74) is 1.75. The Morgan fingerprint density at radius 2 is 1.69 bits per heavy atom. The number of halogens is 1. The molecule has 2 N–H and O–H groups in total. The average molecular weight is 435 g/mol. The Hall–Kier alpha value is -1.89. The van der Waals surface area contributed by atoms with Crippen LogP contribution in [0.3, 0.4) is 0 Å². The Bertz CT molecular complexity index is 928. The molecule has 1 aliphatic rings. The molecular weight excluding hydrogens is 408 g/mol. The molecule has 2 aromatic rings. The minimum absolute atomic E-state index is 0.0904. The van der Waals surface area contributed by atoms with Crippen LogP contribution in [0, 0.1) is 0 Å². The molecule has 3 rings (SSSR count). The van der Waals surface area contributed by atoms with E-state index in [-0.39, 0.29) is 22.9 Å². The fraction of sp³-hybridized carbons (Fsp3) is 0.409. The van der Waals surface area contributed by atoms with Crippen LogP contribution in [0.1, 0.15) is 41.6 Å². The molecule has 0 spiro atoms. The summed E-state index contributed by atoms with van der Waals surface area (Å²) in [6, 6.07) is 14.4. The molecule has 0 aliphatic heterocycles. The zero-order valence-corrected chi connectivity index (χ0v) is 18.1. The largest absolute Gasteiger partial charge is 0.348 e. The number of amides is 1. The van der Waals surface area contributed by atoms with Crippen molar-refractivity contribution in [1.29, 1.82) is 0 Å². The summed E-state index contributed by atoms with van der Waals surface area (Å²) in [5.74, 6) is -0.162. The molecule has 0 radical (unpaired) electrons. The first-order chi connectivity index (χ1) is 13.8. The Morgan fingerprint density at radius 1 is 1.03 bits per heavy atom. The van der Waals surface area contributed by atoms with Gasteiger partial charge in [0.1, 0.15) is 0 Å². The van der Waals surface area contributed by atoms with Crippen LogP contribution in [0.2, 0.25) is 5.02 Å². The van der Waals surface area contributed by atoms with E-state index in [1.165, 1.54) is 17.7 Å². The van der Waals surface area contributed by atoms with E-state index in [9.17, 15) is 13.2 Å². The SMILES string of the molecule is CS(=O)(=O)c1ccc(C(=O)NC2CCCC2NCCCc2ccc(Cl)cc2)cc1. The smallest absolute Gasteiger partial charge is 0.251 e. The van der Waals surface area contributed by atoms with Gasteiger partial charge in [-0.05, 0) is 80.6 Å². The molecule has 1 saturated carbocycles. The molecule has 7 heteroatoms. The third-order valence-corrected chi connectivity index (χ3v) is 6.72. The topological polar surface area (TPSA) is 75.3 Å². The molecule has 5 nitrogen and oxygen atoms in total. The van der Waals surface area contributed by atoms with Crippen molar-refractivity contribution >= 4 is 27.3 Å². The van der Waals surface area contributed by atoms with Gasteiger partial charge in [-0.25, -0.2) is 8.42 Å². The summed E-state index contributed by atoms with van der Waals surface area (Å²) < 4.78 is 23.1. The minimum Gasteiger partial charge on any atom is -0.348 e. The van der Waals surface area contributed by atoms with Gasteiger partial charge in [0, 0.05) is 28.9 Å². The summed E-state index contributed by atoms with van der Waals surface area (Å²) in [5, 5.41) is 7.43. The lowest BCUT2D eigenvalue weighted by Gasteiger charge is -2.22. The van der Waals surface area contributed by atoms with Crippen LogP contribution >= 0.6 is 11.6 Å². The number of hydrogen-bond donors (Lipinski definition) is 2. The van der Waals surface area contributed by atoms with Crippen LogP contribution < -0.4 is 10.6 Å². The van der Waals surface area contributed by atoms with Gasteiger partial charge in [0.15, 0.2) is 9.84 Å². The van der Waals surface area contributed by atoms with Crippen molar-refractivity contribution in [2.24, 2.45) is 0 Å². The van der Waals surface area contributed by atoms with E-state index < -0.39 is 9.84 Å². The maximum Gasteiger partial charge on any atom is 0.251 e. The van der Waals surface area contributed by atoms with E-state index in [0.717, 1.165) is 49.9 Å². The zero-order chi connectivity index (χ0) is 20.9. The first-order valence-corrected chi connectivity index (χ1v) is 12.2. The van der Waals surface area contributed by atoms with Gasteiger partial charge in [-0.3, -0.25) is 4.79 Å². The summed E-state index contributed by atoms with van der Waals surface area (Å²) in [6.07, 6.45) is 6.23. The van der Waals surface area contributed by atoms with Crippen molar-refractivity contribution in [1.82, 2.24) is 10.6 Å². The van der Waals surface area contributed by atoms with Crippen molar-refractivity contribution in [2.45, 2.75) is 49.1 Å². The molecule has 0 saturated heterocycles. The second kappa shape index (κ2) is 9.74. The van der Waals surface area contributed by atoms with E-state index in [4.69, 9.17) is 11.6 Å². The monoisotopic (exact) mass is 434 g/mol. The predicted octanol–water partition coefficient (Wildman–Crippen LogP) is 3.62. The number of carbonyl (C=O) groups excluding carboxylic acids is 1. The minimum atomic E-state index is -3.26. The lowest BCUT2D eigenvalue weighted by Crippen LogP contribution is -2.47. The molecule has 0 aromatic heterocycles. The van der Waals surface area contributed by atoms with E-state index in [0.29, 0.717) is 5.56 Å². The molecule has 0 bridgehead atoms. The second-order valence-corrected chi connectivity index (χ2v) is 10.1. The summed E-state index contributed by atoms with van der Waals surface area (Å²) >= 11 is 5.91. The van der Waals surface area contributed by atoms with E-state index in [1.807, 2.05) is 12.1 Å². The number of nitrogens with one attached hydrogen (secondary N) is 2.